The van der Waals surface area contributed by atoms with Crippen LogP contribution in [0.25, 0.3) is 72.2 Å². The zero-order valence-corrected chi connectivity index (χ0v) is 20.5. The summed E-state index contributed by atoms with van der Waals surface area (Å²) in [5, 5.41) is 3.33. The van der Waals surface area contributed by atoms with E-state index in [1.165, 1.54) is 0 Å². The average Bonchev–Trinajstić information content (AvgIpc) is 3.71. The van der Waals surface area contributed by atoms with Crippen LogP contribution < -0.4 is 4.74 Å². The molecule has 6 nitrogen and oxygen atoms in total. The molecule has 9 aromatic rings. The van der Waals surface area contributed by atoms with Crippen LogP contribution in [0.2, 0.25) is 0 Å². The molecule has 4 aromatic heterocycles. The van der Waals surface area contributed by atoms with Gasteiger partial charge < -0.3 is 13.7 Å². The lowest BCUT2D eigenvalue weighted by atomic mass is 10.1. The van der Waals surface area contributed by atoms with E-state index in [1.54, 1.807) is 0 Å². The summed E-state index contributed by atoms with van der Waals surface area (Å²) < 4.78 is 19.7. The van der Waals surface area contributed by atoms with E-state index in [0.29, 0.717) is 0 Å². The first-order valence-electron chi connectivity index (χ1n) is 13.0. The molecule has 39 heavy (non-hydrogen) atoms. The minimum atomic E-state index is 0.787. The monoisotopic (exact) mass is 502 g/mol. The molecule has 0 atom stereocenters. The fraction of sp³-hybridized carbons (Fsp3) is 0. The predicted molar refractivity (Wildman–Crippen MR) is 154 cm³/mol. The molecule has 0 N–H and O–H groups in total. The Bertz CT molecular complexity index is 2490. The maximum Gasteiger partial charge on any atom is 0.232 e. The van der Waals surface area contributed by atoms with Gasteiger partial charge in [0.15, 0.2) is 11.5 Å². The van der Waals surface area contributed by atoms with E-state index in [1.807, 2.05) is 36.4 Å². The van der Waals surface area contributed by atoms with E-state index < -0.39 is 0 Å². The predicted octanol–water partition coefficient (Wildman–Crippen LogP) is 8.38. The lowest BCUT2D eigenvalue weighted by Gasteiger charge is -2.21. The third-order valence-electron chi connectivity index (χ3n) is 8.04. The van der Waals surface area contributed by atoms with Crippen LogP contribution in [0, 0.1) is 0 Å². The van der Waals surface area contributed by atoms with Crippen LogP contribution in [-0.2, 0) is 0 Å². The molecule has 10 rings (SSSR count). The van der Waals surface area contributed by atoms with Crippen molar-refractivity contribution in [3.05, 3.63) is 109 Å². The van der Waals surface area contributed by atoms with E-state index in [0.717, 1.165) is 83.7 Å². The number of ether oxygens (including phenoxy) is 1. The van der Waals surface area contributed by atoms with Crippen molar-refractivity contribution >= 4 is 60.8 Å². The van der Waals surface area contributed by atoms with Crippen LogP contribution in [0.1, 0.15) is 0 Å². The van der Waals surface area contributed by atoms with Gasteiger partial charge in [-0.25, -0.2) is 9.38 Å². The summed E-state index contributed by atoms with van der Waals surface area (Å²) in [4.78, 5) is 5.12. The zero-order valence-electron chi connectivity index (χ0n) is 20.5. The van der Waals surface area contributed by atoms with Gasteiger partial charge in [0.2, 0.25) is 11.5 Å². The molecule has 0 spiro atoms. The molecule has 1 aliphatic heterocycles. The SMILES string of the molecule is c1ccc2c(c1)Oc1ccc(-n3c4c5ccccc5oc4n4c5ccccc5nc34)c3c4ccccc4n-2c13. The number of hydrogen-bond acceptors (Lipinski definition) is 3. The number of nitrogens with zero attached hydrogens (tertiary/aromatic N) is 4. The van der Waals surface area contributed by atoms with E-state index in [2.05, 4.69) is 86.3 Å². The van der Waals surface area contributed by atoms with Gasteiger partial charge in [-0.1, -0.05) is 54.6 Å². The second-order valence-corrected chi connectivity index (χ2v) is 10.1. The lowest BCUT2D eigenvalue weighted by molar-refractivity contribution is 0.476. The van der Waals surface area contributed by atoms with Gasteiger partial charge in [0, 0.05) is 16.2 Å². The number of furan rings is 1. The van der Waals surface area contributed by atoms with Crippen molar-refractivity contribution in [1.82, 2.24) is 18.5 Å². The van der Waals surface area contributed by atoms with Gasteiger partial charge in [0.05, 0.1) is 33.4 Å². The minimum absolute atomic E-state index is 0.787. The Kier molecular flexibility index (Phi) is 3.36. The molecule has 0 aliphatic carbocycles. The van der Waals surface area contributed by atoms with Gasteiger partial charge in [-0.3, -0.25) is 4.57 Å². The molecule has 1 aliphatic rings. The molecule has 0 saturated heterocycles. The number of aromatic nitrogens is 4. The molecule has 6 heteroatoms. The molecule has 182 valence electrons. The molecule has 0 amide bonds. The molecule has 0 saturated carbocycles. The van der Waals surface area contributed by atoms with Gasteiger partial charge in [-0.05, 0) is 54.6 Å². The van der Waals surface area contributed by atoms with E-state index in [4.69, 9.17) is 14.1 Å². The summed E-state index contributed by atoms with van der Waals surface area (Å²) in [7, 11) is 0. The first-order chi connectivity index (χ1) is 19.4. The topological polar surface area (TPSA) is 49.5 Å². The molecule has 0 fully saturated rings. The molecule has 0 bridgehead atoms. The second-order valence-electron chi connectivity index (χ2n) is 10.1. The number of hydrogen-bond donors (Lipinski definition) is 0. The van der Waals surface area contributed by atoms with E-state index >= 15 is 0 Å². The third kappa shape index (κ3) is 2.27. The summed E-state index contributed by atoms with van der Waals surface area (Å²) in [6.45, 7) is 0. The number of para-hydroxylation sites is 6. The average molecular weight is 503 g/mol. The van der Waals surface area contributed by atoms with Crippen molar-refractivity contribution in [3.63, 3.8) is 0 Å². The zero-order chi connectivity index (χ0) is 25.2. The van der Waals surface area contributed by atoms with Gasteiger partial charge in [-0.2, -0.15) is 0 Å². The number of imidazole rings is 2. The van der Waals surface area contributed by atoms with Crippen molar-refractivity contribution in [3.8, 4) is 22.9 Å². The van der Waals surface area contributed by atoms with Gasteiger partial charge >= 0.3 is 0 Å². The number of fused-ring (bicyclic) bond motifs is 12. The Morgan fingerprint density at radius 3 is 2.28 bits per heavy atom. The Morgan fingerprint density at radius 1 is 0.564 bits per heavy atom. The highest BCUT2D eigenvalue weighted by Crippen LogP contribution is 2.48. The van der Waals surface area contributed by atoms with E-state index in [-0.39, 0.29) is 0 Å². The summed E-state index contributed by atoms with van der Waals surface area (Å²) in [5.41, 5.74) is 8.85. The Balaban J connectivity index is 1.47. The first kappa shape index (κ1) is 19.6. The third-order valence-corrected chi connectivity index (χ3v) is 8.04. The smallest absolute Gasteiger partial charge is 0.232 e. The van der Waals surface area contributed by atoms with Crippen molar-refractivity contribution in [2.45, 2.75) is 0 Å². The van der Waals surface area contributed by atoms with Crippen molar-refractivity contribution in [2.75, 3.05) is 0 Å². The Labute approximate surface area is 220 Å². The summed E-state index contributed by atoms with van der Waals surface area (Å²) >= 11 is 0. The van der Waals surface area contributed by atoms with Crippen molar-refractivity contribution in [1.29, 1.82) is 0 Å². The van der Waals surface area contributed by atoms with Crippen LogP contribution in [-0.4, -0.2) is 18.5 Å². The minimum Gasteiger partial charge on any atom is -0.453 e. The summed E-state index contributed by atoms with van der Waals surface area (Å²) in [6, 6.07) is 37.5. The van der Waals surface area contributed by atoms with Gasteiger partial charge in [0.25, 0.3) is 0 Å². The standard InChI is InChI=1S/C33H18N4O2/c1-4-12-22-19(9-1)29-25(17-18-28-31(29)35(22)24-14-6-8-16-27(24)38-28)36-30-20-10-2-7-15-26(20)39-32(30)37-23-13-5-3-11-21(23)34-33(36)37/h1-18H. The van der Waals surface area contributed by atoms with Gasteiger partial charge in [0.1, 0.15) is 11.1 Å². The van der Waals surface area contributed by atoms with Gasteiger partial charge in [-0.15, -0.1) is 0 Å². The summed E-state index contributed by atoms with van der Waals surface area (Å²) in [5.74, 6) is 2.51. The Morgan fingerprint density at radius 2 is 1.33 bits per heavy atom. The van der Waals surface area contributed by atoms with E-state index in [9.17, 15) is 0 Å². The molecule has 5 heterocycles. The quantitative estimate of drug-likeness (QED) is 0.227. The fourth-order valence-electron chi connectivity index (χ4n) is 6.49. The highest BCUT2D eigenvalue weighted by molar-refractivity contribution is 6.17. The largest absolute Gasteiger partial charge is 0.453 e. The van der Waals surface area contributed by atoms with Crippen LogP contribution in [0.4, 0.5) is 0 Å². The first-order valence-corrected chi connectivity index (χ1v) is 13.0. The normalized spacial score (nSPS) is 12.8. The van der Waals surface area contributed by atoms with Crippen LogP contribution in [0.5, 0.6) is 11.5 Å². The number of benzene rings is 5. The van der Waals surface area contributed by atoms with Crippen molar-refractivity contribution in [2.24, 2.45) is 0 Å². The highest BCUT2D eigenvalue weighted by Gasteiger charge is 2.29. The van der Waals surface area contributed by atoms with Crippen molar-refractivity contribution < 1.29 is 9.15 Å². The fourth-order valence-corrected chi connectivity index (χ4v) is 6.49. The molecule has 0 radical (unpaired) electrons. The molecular weight excluding hydrogens is 484 g/mol. The maximum absolute atomic E-state index is 6.51. The lowest BCUT2D eigenvalue weighted by Crippen LogP contribution is -2.05. The van der Waals surface area contributed by atoms with Crippen LogP contribution >= 0.6 is 0 Å². The van der Waals surface area contributed by atoms with Crippen LogP contribution in [0.15, 0.2) is 114 Å². The molecular formula is C33H18N4O2. The molecule has 0 unspecified atom stereocenters. The maximum atomic E-state index is 6.51. The summed E-state index contributed by atoms with van der Waals surface area (Å²) in [6.07, 6.45) is 0. The second kappa shape index (κ2) is 6.68. The molecule has 5 aromatic carbocycles. The highest BCUT2D eigenvalue weighted by atomic mass is 16.5. The number of rotatable bonds is 1. The van der Waals surface area contributed by atoms with Crippen LogP contribution in [0.3, 0.4) is 0 Å². The Hall–Kier alpha value is -5.49.